The van der Waals surface area contributed by atoms with Crippen LogP contribution in [0, 0.1) is 0 Å². The lowest BCUT2D eigenvalue weighted by Gasteiger charge is -2.20. The Bertz CT molecular complexity index is 1130. The second-order valence-corrected chi connectivity index (χ2v) is 21.4. The third-order valence-electron chi connectivity index (χ3n) is 14.4. The van der Waals surface area contributed by atoms with E-state index in [9.17, 15) is 19.8 Å². The molecule has 6 nitrogen and oxygen atoms in total. The van der Waals surface area contributed by atoms with E-state index in [1.165, 1.54) is 263 Å². The highest BCUT2D eigenvalue weighted by molar-refractivity contribution is 5.76. The lowest BCUT2D eigenvalue weighted by molar-refractivity contribution is -0.143. The van der Waals surface area contributed by atoms with Crippen molar-refractivity contribution in [3.05, 3.63) is 36.5 Å². The maximum Gasteiger partial charge on any atom is 0.305 e. The van der Waals surface area contributed by atoms with E-state index in [0.717, 1.165) is 44.9 Å². The first kappa shape index (κ1) is 68.1. The van der Waals surface area contributed by atoms with E-state index in [1.54, 1.807) is 6.08 Å². The molecule has 2 atom stereocenters. The summed E-state index contributed by atoms with van der Waals surface area (Å²) in [5.74, 6) is -0.0595. The fourth-order valence-electron chi connectivity index (χ4n) is 9.61. The van der Waals surface area contributed by atoms with Crippen LogP contribution in [0.2, 0.25) is 0 Å². The summed E-state index contributed by atoms with van der Waals surface area (Å²) in [6.07, 6.45) is 74.7. The minimum atomic E-state index is -0.846. The first-order chi connectivity index (χ1) is 34.5. The maximum absolute atomic E-state index is 12.5. The Morgan fingerprint density at radius 2 is 0.714 bits per heavy atom. The van der Waals surface area contributed by atoms with Gasteiger partial charge < -0.3 is 20.3 Å². The SMILES string of the molecule is CCCCCCCCCCCCCC/C=C/C(O)C(CO)NC(=O)CCCCCCCCCCCCC/C=C\C/C=C\CCCCCCCCCCCOC(=O)CCCCCCCCCCCCCC. The minimum absolute atomic E-state index is 0.0109. The number of carbonyl (C=O) groups is 2. The molecule has 0 fully saturated rings. The van der Waals surface area contributed by atoms with E-state index in [0.29, 0.717) is 19.4 Å². The maximum atomic E-state index is 12.5. The van der Waals surface area contributed by atoms with Crippen LogP contribution < -0.4 is 5.32 Å². The number of nitrogens with one attached hydrogen (secondary N) is 1. The van der Waals surface area contributed by atoms with Crippen LogP contribution in [-0.4, -0.2) is 47.4 Å². The molecule has 0 saturated heterocycles. The van der Waals surface area contributed by atoms with Gasteiger partial charge in [0.2, 0.25) is 5.91 Å². The van der Waals surface area contributed by atoms with Crippen molar-refractivity contribution in [3.8, 4) is 0 Å². The number of hydrogen-bond acceptors (Lipinski definition) is 5. The Balaban J connectivity index is 3.44. The number of amides is 1. The molecule has 0 aromatic rings. The number of aliphatic hydroxyl groups is 2. The highest BCUT2D eigenvalue weighted by Crippen LogP contribution is 2.17. The van der Waals surface area contributed by atoms with Gasteiger partial charge in [0.15, 0.2) is 0 Å². The van der Waals surface area contributed by atoms with Gasteiger partial charge in [0.25, 0.3) is 0 Å². The number of hydrogen-bond donors (Lipinski definition) is 3. The summed E-state index contributed by atoms with van der Waals surface area (Å²) in [6.45, 7) is 4.91. The number of esters is 1. The lowest BCUT2D eigenvalue weighted by Crippen LogP contribution is -2.45. The topological polar surface area (TPSA) is 95.9 Å². The van der Waals surface area contributed by atoms with E-state index in [-0.39, 0.29) is 18.5 Å². The number of carbonyl (C=O) groups excluding carboxylic acids is 2. The van der Waals surface area contributed by atoms with Crippen molar-refractivity contribution in [2.45, 2.75) is 347 Å². The Hall–Kier alpha value is -1.92. The quantitative estimate of drug-likeness (QED) is 0.0321. The molecule has 1 amide bonds. The molecule has 0 spiro atoms. The zero-order chi connectivity index (χ0) is 50.7. The molecule has 0 aliphatic carbocycles. The van der Waals surface area contributed by atoms with Crippen LogP contribution in [0.5, 0.6) is 0 Å². The number of allylic oxidation sites excluding steroid dienone is 5. The molecule has 2 unspecified atom stereocenters. The molecular formula is C64H121NO5. The fraction of sp³-hybridized carbons (Fsp3) is 0.875. The predicted molar refractivity (Wildman–Crippen MR) is 306 cm³/mol. The third kappa shape index (κ3) is 55.4. The number of unbranched alkanes of at least 4 members (excludes halogenated alkanes) is 43. The molecule has 3 N–H and O–H groups in total. The summed E-state index contributed by atoms with van der Waals surface area (Å²) in [5.41, 5.74) is 0. The van der Waals surface area contributed by atoms with Crippen molar-refractivity contribution in [2.24, 2.45) is 0 Å². The molecule has 0 heterocycles. The van der Waals surface area contributed by atoms with Crippen LogP contribution >= 0.6 is 0 Å². The molecule has 6 heteroatoms. The van der Waals surface area contributed by atoms with Crippen molar-refractivity contribution >= 4 is 11.9 Å². The Kier molecular flexibility index (Phi) is 58.0. The Labute approximate surface area is 436 Å². The van der Waals surface area contributed by atoms with Gasteiger partial charge in [0, 0.05) is 12.8 Å². The van der Waals surface area contributed by atoms with Gasteiger partial charge in [-0.15, -0.1) is 0 Å². The smallest absolute Gasteiger partial charge is 0.305 e. The van der Waals surface area contributed by atoms with Crippen LogP contribution in [0.15, 0.2) is 36.5 Å². The molecule has 412 valence electrons. The second-order valence-electron chi connectivity index (χ2n) is 21.4. The molecule has 0 aromatic carbocycles. The van der Waals surface area contributed by atoms with Crippen molar-refractivity contribution in [3.63, 3.8) is 0 Å². The van der Waals surface area contributed by atoms with Crippen LogP contribution in [0.4, 0.5) is 0 Å². The molecular weight excluding hydrogens is 863 g/mol. The molecule has 70 heavy (non-hydrogen) atoms. The number of aliphatic hydroxyl groups excluding tert-OH is 2. The summed E-state index contributed by atoms with van der Waals surface area (Å²) < 4.78 is 5.47. The highest BCUT2D eigenvalue weighted by atomic mass is 16.5. The molecule has 0 radical (unpaired) electrons. The Morgan fingerprint density at radius 3 is 1.09 bits per heavy atom. The van der Waals surface area contributed by atoms with Gasteiger partial charge in [-0.05, 0) is 64.2 Å². The van der Waals surface area contributed by atoms with Gasteiger partial charge in [-0.3, -0.25) is 9.59 Å². The number of rotatable bonds is 58. The van der Waals surface area contributed by atoms with Crippen LogP contribution in [0.3, 0.4) is 0 Å². The Morgan fingerprint density at radius 1 is 0.400 bits per heavy atom. The minimum Gasteiger partial charge on any atom is -0.466 e. The van der Waals surface area contributed by atoms with Gasteiger partial charge in [0.1, 0.15) is 0 Å². The number of ether oxygens (including phenoxy) is 1. The van der Waals surface area contributed by atoms with Crippen molar-refractivity contribution in [2.75, 3.05) is 13.2 Å². The van der Waals surface area contributed by atoms with E-state index in [4.69, 9.17) is 4.74 Å². The largest absolute Gasteiger partial charge is 0.466 e. The average molecular weight is 985 g/mol. The van der Waals surface area contributed by atoms with Crippen molar-refractivity contribution < 1.29 is 24.5 Å². The van der Waals surface area contributed by atoms with Gasteiger partial charge >= 0.3 is 5.97 Å². The van der Waals surface area contributed by atoms with Crippen LogP contribution in [-0.2, 0) is 14.3 Å². The molecule has 0 bridgehead atoms. The third-order valence-corrected chi connectivity index (χ3v) is 14.4. The normalized spacial score (nSPS) is 12.8. The van der Waals surface area contributed by atoms with Crippen molar-refractivity contribution in [1.29, 1.82) is 0 Å². The molecule has 0 aliphatic rings. The standard InChI is InChI=1S/C64H121NO5/c1-3-5-7-9-11-13-15-17-33-36-40-44-48-52-56-62(67)61(60-66)65-63(68)57-53-49-45-41-37-34-31-29-27-25-23-21-19-18-20-22-24-26-28-30-32-35-39-43-47-51-55-59-70-64(69)58-54-50-46-42-38-16-14-12-10-8-6-4-2/h18-19,22,24,52,56,61-62,66-67H,3-17,20-21,23,25-51,53-55,57-60H2,1-2H3,(H,65,68)/b19-18-,24-22-,56-52+. The monoisotopic (exact) mass is 984 g/mol. The fourth-order valence-corrected chi connectivity index (χ4v) is 9.61. The first-order valence-electron chi connectivity index (χ1n) is 31.3. The van der Waals surface area contributed by atoms with Gasteiger partial charge in [0.05, 0.1) is 25.4 Å². The summed E-state index contributed by atoms with van der Waals surface area (Å²) in [4.78, 5) is 24.5. The first-order valence-corrected chi connectivity index (χ1v) is 31.3. The van der Waals surface area contributed by atoms with Gasteiger partial charge in [-0.1, -0.05) is 294 Å². The molecule has 0 aliphatic heterocycles. The molecule has 0 aromatic heterocycles. The summed E-state index contributed by atoms with van der Waals surface area (Å²) in [5, 5.41) is 23.1. The highest BCUT2D eigenvalue weighted by Gasteiger charge is 2.18. The summed E-state index contributed by atoms with van der Waals surface area (Å²) in [6, 6.07) is -0.630. The van der Waals surface area contributed by atoms with Gasteiger partial charge in [-0.25, -0.2) is 0 Å². The van der Waals surface area contributed by atoms with Crippen LogP contribution in [0.1, 0.15) is 335 Å². The average Bonchev–Trinajstić information content (AvgIpc) is 3.36. The second kappa shape index (κ2) is 59.6. The van der Waals surface area contributed by atoms with E-state index >= 15 is 0 Å². The zero-order valence-electron chi connectivity index (χ0n) is 47.0. The van der Waals surface area contributed by atoms with Gasteiger partial charge in [-0.2, -0.15) is 0 Å². The predicted octanol–water partition coefficient (Wildman–Crippen LogP) is 19.6. The van der Waals surface area contributed by atoms with Crippen LogP contribution in [0.25, 0.3) is 0 Å². The summed E-state index contributed by atoms with van der Waals surface area (Å²) in [7, 11) is 0. The molecule has 0 saturated carbocycles. The van der Waals surface area contributed by atoms with Crippen molar-refractivity contribution in [1.82, 2.24) is 5.32 Å². The molecule has 0 rings (SSSR count). The van der Waals surface area contributed by atoms with E-state index < -0.39 is 12.1 Å². The van der Waals surface area contributed by atoms with E-state index in [1.807, 2.05) is 6.08 Å². The van der Waals surface area contributed by atoms with E-state index in [2.05, 4.69) is 43.5 Å². The lowest BCUT2D eigenvalue weighted by atomic mass is 10.0. The summed E-state index contributed by atoms with van der Waals surface area (Å²) >= 11 is 0. The zero-order valence-corrected chi connectivity index (χ0v) is 47.0.